The van der Waals surface area contributed by atoms with Crippen molar-refractivity contribution in [3.63, 3.8) is 0 Å². The minimum Gasteiger partial charge on any atom is -0.481 e. The standard InChI is InChI=1S/C14H26N2O3/c1-3-10(2)13(15)14(19)16-8-6-11(7-9-16)4-5-12(17)18/h10-11,13H,3-9,15H2,1-2H3,(H,17,18)/t10?,13-/m0/s1. The molecule has 110 valence electrons. The third kappa shape index (κ3) is 4.82. The Morgan fingerprint density at radius 3 is 2.42 bits per heavy atom. The third-order valence-corrected chi connectivity index (χ3v) is 4.23. The molecule has 0 saturated carbocycles. The summed E-state index contributed by atoms with van der Waals surface area (Å²) >= 11 is 0. The molecule has 1 aliphatic heterocycles. The van der Waals surface area contributed by atoms with Crippen molar-refractivity contribution in [3.8, 4) is 0 Å². The number of carbonyl (C=O) groups excluding carboxylic acids is 1. The maximum Gasteiger partial charge on any atom is 0.303 e. The highest BCUT2D eigenvalue weighted by atomic mass is 16.4. The quantitative estimate of drug-likeness (QED) is 0.765. The minimum atomic E-state index is -0.739. The lowest BCUT2D eigenvalue weighted by molar-refractivity contribution is -0.138. The summed E-state index contributed by atoms with van der Waals surface area (Å²) in [5.41, 5.74) is 5.97. The second kappa shape index (κ2) is 7.48. The van der Waals surface area contributed by atoms with E-state index < -0.39 is 12.0 Å². The fourth-order valence-electron chi connectivity index (χ4n) is 2.48. The maximum atomic E-state index is 12.2. The lowest BCUT2D eigenvalue weighted by Crippen LogP contribution is -2.49. The van der Waals surface area contributed by atoms with Crippen molar-refractivity contribution in [2.24, 2.45) is 17.6 Å². The monoisotopic (exact) mass is 270 g/mol. The first-order valence-electron chi connectivity index (χ1n) is 7.21. The van der Waals surface area contributed by atoms with Crippen LogP contribution in [0.5, 0.6) is 0 Å². The molecule has 0 bridgehead atoms. The van der Waals surface area contributed by atoms with E-state index in [1.165, 1.54) is 0 Å². The van der Waals surface area contributed by atoms with Gasteiger partial charge in [-0.05, 0) is 31.1 Å². The Bertz CT molecular complexity index is 312. The molecule has 0 radical (unpaired) electrons. The molecule has 1 amide bonds. The van der Waals surface area contributed by atoms with E-state index in [0.29, 0.717) is 19.0 Å². The van der Waals surface area contributed by atoms with Gasteiger partial charge < -0.3 is 15.7 Å². The Morgan fingerprint density at radius 1 is 1.37 bits per heavy atom. The zero-order valence-electron chi connectivity index (χ0n) is 12.0. The average Bonchev–Trinajstić information content (AvgIpc) is 2.43. The molecule has 5 nitrogen and oxygen atoms in total. The van der Waals surface area contributed by atoms with Gasteiger partial charge in [0.25, 0.3) is 0 Å². The Hall–Kier alpha value is -1.10. The number of aliphatic carboxylic acids is 1. The van der Waals surface area contributed by atoms with Crippen molar-refractivity contribution < 1.29 is 14.7 Å². The van der Waals surface area contributed by atoms with E-state index in [4.69, 9.17) is 10.8 Å². The number of carbonyl (C=O) groups is 2. The molecule has 0 aromatic rings. The average molecular weight is 270 g/mol. The van der Waals surface area contributed by atoms with Gasteiger partial charge in [0, 0.05) is 19.5 Å². The first kappa shape index (κ1) is 16.0. The van der Waals surface area contributed by atoms with E-state index in [1.807, 2.05) is 18.7 Å². The molecule has 1 fully saturated rings. The number of carboxylic acid groups (broad SMARTS) is 1. The summed E-state index contributed by atoms with van der Waals surface area (Å²) in [7, 11) is 0. The summed E-state index contributed by atoms with van der Waals surface area (Å²) in [4.78, 5) is 24.6. The van der Waals surface area contributed by atoms with Crippen LogP contribution in [-0.2, 0) is 9.59 Å². The smallest absolute Gasteiger partial charge is 0.303 e. The van der Waals surface area contributed by atoms with Crippen molar-refractivity contribution in [2.45, 2.75) is 52.0 Å². The zero-order chi connectivity index (χ0) is 14.4. The fourth-order valence-corrected chi connectivity index (χ4v) is 2.48. The SMILES string of the molecule is CCC(C)[C@H](N)C(=O)N1CCC(CCC(=O)O)CC1. The summed E-state index contributed by atoms with van der Waals surface area (Å²) in [5, 5.41) is 8.66. The van der Waals surface area contributed by atoms with Crippen LogP contribution in [0.25, 0.3) is 0 Å². The van der Waals surface area contributed by atoms with Gasteiger partial charge in [0.2, 0.25) is 5.91 Å². The van der Waals surface area contributed by atoms with Crippen LogP contribution >= 0.6 is 0 Å². The zero-order valence-corrected chi connectivity index (χ0v) is 12.0. The lowest BCUT2D eigenvalue weighted by atomic mass is 9.91. The molecular weight excluding hydrogens is 244 g/mol. The molecule has 3 N–H and O–H groups in total. The van der Waals surface area contributed by atoms with Gasteiger partial charge in [0.15, 0.2) is 0 Å². The second-order valence-electron chi connectivity index (χ2n) is 5.61. The van der Waals surface area contributed by atoms with Gasteiger partial charge in [-0.3, -0.25) is 9.59 Å². The summed E-state index contributed by atoms with van der Waals surface area (Å²) in [5.74, 6) is -0.0551. The van der Waals surface area contributed by atoms with Gasteiger partial charge in [0.05, 0.1) is 6.04 Å². The van der Waals surface area contributed by atoms with Crippen molar-refractivity contribution in [3.05, 3.63) is 0 Å². The third-order valence-electron chi connectivity index (χ3n) is 4.23. The number of carboxylic acids is 1. The molecule has 2 atom stereocenters. The van der Waals surface area contributed by atoms with Gasteiger partial charge in [0.1, 0.15) is 0 Å². The summed E-state index contributed by atoms with van der Waals surface area (Å²) in [6, 6.07) is -0.402. The van der Waals surface area contributed by atoms with Crippen LogP contribution in [0.4, 0.5) is 0 Å². The minimum absolute atomic E-state index is 0.0473. The van der Waals surface area contributed by atoms with Crippen LogP contribution in [0.3, 0.4) is 0 Å². The van der Waals surface area contributed by atoms with Crippen molar-refractivity contribution >= 4 is 11.9 Å². The van der Waals surface area contributed by atoms with Crippen molar-refractivity contribution in [1.82, 2.24) is 4.90 Å². The molecule has 1 aliphatic rings. The van der Waals surface area contributed by atoms with Gasteiger partial charge in [-0.2, -0.15) is 0 Å². The van der Waals surface area contributed by atoms with Gasteiger partial charge in [-0.15, -0.1) is 0 Å². The number of likely N-dealkylation sites (tertiary alicyclic amines) is 1. The van der Waals surface area contributed by atoms with Crippen molar-refractivity contribution in [2.75, 3.05) is 13.1 Å². The molecule has 1 saturated heterocycles. The Morgan fingerprint density at radius 2 is 1.95 bits per heavy atom. The van der Waals surface area contributed by atoms with Crippen LogP contribution < -0.4 is 5.73 Å². The normalized spacial score (nSPS) is 20.1. The summed E-state index contributed by atoms with van der Waals surface area (Å²) in [6.45, 7) is 5.47. The topological polar surface area (TPSA) is 83.6 Å². The van der Waals surface area contributed by atoms with E-state index >= 15 is 0 Å². The molecule has 0 aromatic carbocycles. The molecular formula is C14H26N2O3. The van der Waals surface area contributed by atoms with Crippen LogP contribution in [0.15, 0.2) is 0 Å². The molecule has 0 spiro atoms. The molecule has 5 heteroatoms. The Labute approximate surface area is 115 Å². The largest absolute Gasteiger partial charge is 0.481 e. The van der Waals surface area contributed by atoms with Crippen LogP contribution in [0.2, 0.25) is 0 Å². The highest BCUT2D eigenvalue weighted by Crippen LogP contribution is 2.23. The van der Waals surface area contributed by atoms with E-state index in [0.717, 1.165) is 25.7 Å². The van der Waals surface area contributed by atoms with Gasteiger partial charge in [-0.1, -0.05) is 20.3 Å². The number of piperidine rings is 1. The molecule has 19 heavy (non-hydrogen) atoms. The number of hydrogen-bond donors (Lipinski definition) is 2. The molecule has 0 aromatic heterocycles. The predicted octanol–water partition coefficient (Wildman–Crippen LogP) is 1.46. The number of hydrogen-bond acceptors (Lipinski definition) is 3. The van der Waals surface area contributed by atoms with E-state index in [-0.39, 0.29) is 18.2 Å². The maximum absolute atomic E-state index is 12.2. The van der Waals surface area contributed by atoms with E-state index in [2.05, 4.69) is 0 Å². The van der Waals surface area contributed by atoms with E-state index in [1.54, 1.807) is 0 Å². The number of amides is 1. The summed E-state index contributed by atoms with van der Waals surface area (Å²) < 4.78 is 0. The van der Waals surface area contributed by atoms with Crippen molar-refractivity contribution in [1.29, 1.82) is 0 Å². The first-order valence-corrected chi connectivity index (χ1v) is 7.21. The lowest BCUT2D eigenvalue weighted by Gasteiger charge is -2.34. The highest BCUT2D eigenvalue weighted by molar-refractivity contribution is 5.82. The molecule has 1 unspecified atom stereocenters. The second-order valence-corrected chi connectivity index (χ2v) is 5.61. The summed E-state index contributed by atoms with van der Waals surface area (Å²) in [6.07, 6.45) is 3.64. The van der Waals surface area contributed by atoms with E-state index in [9.17, 15) is 9.59 Å². The number of nitrogens with two attached hydrogens (primary N) is 1. The number of rotatable bonds is 6. The predicted molar refractivity (Wildman–Crippen MR) is 73.6 cm³/mol. The first-order chi connectivity index (χ1) is 8.95. The Kier molecular flexibility index (Phi) is 6.28. The van der Waals surface area contributed by atoms with Gasteiger partial charge in [-0.25, -0.2) is 0 Å². The van der Waals surface area contributed by atoms with Crippen LogP contribution in [0, 0.1) is 11.8 Å². The Balaban J connectivity index is 2.36. The fraction of sp³-hybridized carbons (Fsp3) is 0.857. The van der Waals surface area contributed by atoms with Gasteiger partial charge >= 0.3 is 5.97 Å². The highest BCUT2D eigenvalue weighted by Gasteiger charge is 2.28. The molecule has 1 rings (SSSR count). The molecule has 0 aliphatic carbocycles. The van der Waals surface area contributed by atoms with Crippen LogP contribution in [-0.4, -0.2) is 41.0 Å². The molecule has 1 heterocycles. The number of nitrogens with zero attached hydrogens (tertiary/aromatic N) is 1. The van der Waals surface area contributed by atoms with Crippen LogP contribution in [0.1, 0.15) is 46.0 Å².